The maximum Gasteiger partial charge on any atom is 0.163 e. The number of para-hydroxylation sites is 1. The quantitative estimate of drug-likeness (QED) is 0.846. The molecule has 2 aromatic carbocycles. The van der Waals surface area contributed by atoms with Gasteiger partial charge in [-0.2, -0.15) is 0 Å². The predicted molar refractivity (Wildman–Crippen MR) is 81.0 cm³/mol. The second-order valence-electron chi connectivity index (χ2n) is 4.43. The summed E-state index contributed by atoms with van der Waals surface area (Å²) in [5.41, 5.74) is 1.30. The third kappa shape index (κ3) is 3.68. The fourth-order valence-electron chi connectivity index (χ4n) is 1.83. The van der Waals surface area contributed by atoms with Crippen molar-refractivity contribution in [2.45, 2.75) is 13.0 Å². The number of aliphatic hydroxyl groups is 1. The second kappa shape index (κ2) is 6.68. The third-order valence-electron chi connectivity index (χ3n) is 2.92. The van der Waals surface area contributed by atoms with Crippen LogP contribution in [0, 0.1) is 0 Å². The fourth-order valence-corrected chi connectivity index (χ4v) is 2.10. The summed E-state index contributed by atoms with van der Waals surface area (Å²) in [4.78, 5) is 11.5. The molecule has 0 fully saturated rings. The van der Waals surface area contributed by atoms with Crippen LogP contribution in [-0.2, 0) is 0 Å². The zero-order chi connectivity index (χ0) is 14.5. The van der Waals surface area contributed by atoms with E-state index in [1.165, 1.54) is 6.92 Å². The highest BCUT2D eigenvalue weighted by Gasteiger charge is 2.11. The Morgan fingerprint density at radius 2 is 1.85 bits per heavy atom. The summed E-state index contributed by atoms with van der Waals surface area (Å²) < 4.78 is 6.52. The lowest BCUT2D eigenvalue weighted by Gasteiger charge is -2.14. The number of halogens is 1. The zero-order valence-corrected chi connectivity index (χ0v) is 12.6. The van der Waals surface area contributed by atoms with Crippen molar-refractivity contribution >= 4 is 21.7 Å². The van der Waals surface area contributed by atoms with Crippen LogP contribution in [0.5, 0.6) is 5.75 Å². The molecule has 0 saturated heterocycles. The minimum absolute atomic E-state index is 0.0567. The topological polar surface area (TPSA) is 46.5 Å². The van der Waals surface area contributed by atoms with Crippen LogP contribution < -0.4 is 4.74 Å². The fraction of sp³-hybridized carbons (Fsp3) is 0.188. The van der Waals surface area contributed by atoms with Gasteiger partial charge >= 0.3 is 0 Å². The SMILES string of the molecule is CC(=O)c1ccccc1OCC(O)c1ccc(Br)cc1. The van der Waals surface area contributed by atoms with E-state index in [-0.39, 0.29) is 12.4 Å². The molecule has 3 nitrogen and oxygen atoms in total. The van der Waals surface area contributed by atoms with Crippen LogP contribution in [-0.4, -0.2) is 17.5 Å². The van der Waals surface area contributed by atoms with E-state index in [9.17, 15) is 9.90 Å². The number of carbonyl (C=O) groups excluding carboxylic acids is 1. The van der Waals surface area contributed by atoms with Crippen LogP contribution in [0.4, 0.5) is 0 Å². The van der Waals surface area contributed by atoms with Crippen LogP contribution in [0.25, 0.3) is 0 Å². The third-order valence-corrected chi connectivity index (χ3v) is 3.45. The first-order chi connectivity index (χ1) is 9.58. The molecule has 1 unspecified atom stereocenters. The predicted octanol–water partition coefficient (Wildman–Crippen LogP) is 3.76. The first kappa shape index (κ1) is 14.8. The van der Waals surface area contributed by atoms with E-state index in [0.29, 0.717) is 11.3 Å². The largest absolute Gasteiger partial charge is 0.490 e. The summed E-state index contributed by atoms with van der Waals surface area (Å²) in [6, 6.07) is 14.4. The number of Topliss-reactive ketones (excluding diaryl/α,β-unsaturated/α-hetero) is 1. The average Bonchev–Trinajstić information content (AvgIpc) is 2.45. The molecule has 104 valence electrons. The normalized spacial score (nSPS) is 11.9. The lowest BCUT2D eigenvalue weighted by atomic mass is 10.1. The molecular weight excluding hydrogens is 320 g/mol. The molecule has 4 heteroatoms. The summed E-state index contributed by atoms with van der Waals surface area (Å²) in [6.07, 6.45) is -0.733. The van der Waals surface area contributed by atoms with Gasteiger partial charge in [-0.05, 0) is 36.8 Å². The van der Waals surface area contributed by atoms with Gasteiger partial charge in [-0.15, -0.1) is 0 Å². The molecule has 0 aliphatic carbocycles. The van der Waals surface area contributed by atoms with E-state index in [1.54, 1.807) is 24.3 Å². The number of aliphatic hydroxyl groups excluding tert-OH is 1. The molecule has 1 atom stereocenters. The van der Waals surface area contributed by atoms with Gasteiger partial charge in [-0.25, -0.2) is 0 Å². The van der Waals surface area contributed by atoms with E-state index < -0.39 is 6.10 Å². The molecule has 0 aliphatic heterocycles. The van der Waals surface area contributed by atoms with Gasteiger partial charge in [0.25, 0.3) is 0 Å². The van der Waals surface area contributed by atoms with Gasteiger partial charge in [0.15, 0.2) is 5.78 Å². The van der Waals surface area contributed by atoms with Crippen LogP contribution in [0.1, 0.15) is 28.9 Å². The van der Waals surface area contributed by atoms with Crippen molar-refractivity contribution in [2.24, 2.45) is 0 Å². The average molecular weight is 335 g/mol. The molecule has 0 spiro atoms. The Balaban J connectivity index is 2.05. The maximum absolute atomic E-state index is 11.5. The zero-order valence-electron chi connectivity index (χ0n) is 11.0. The Morgan fingerprint density at radius 3 is 2.50 bits per heavy atom. The summed E-state index contributed by atoms with van der Waals surface area (Å²) >= 11 is 3.35. The number of carbonyl (C=O) groups is 1. The molecule has 0 bridgehead atoms. The molecule has 2 rings (SSSR count). The minimum Gasteiger partial charge on any atom is -0.490 e. The molecule has 0 aromatic heterocycles. The van der Waals surface area contributed by atoms with Crippen LogP contribution >= 0.6 is 15.9 Å². The van der Waals surface area contributed by atoms with Crippen LogP contribution in [0.3, 0.4) is 0 Å². The van der Waals surface area contributed by atoms with Gasteiger partial charge in [0.05, 0.1) is 5.56 Å². The van der Waals surface area contributed by atoms with Crippen molar-refractivity contribution in [1.82, 2.24) is 0 Å². The Morgan fingerprint density at radius 1 is 1.20 bits per heavy atom. The maximum atomic E-state index is 11.5. The van der Waals surface area contributed by atoms with E-state index in [1.807, 2.05) is 24.3 Å². The van der Waals surface area contributed by atoms with E-state index in [0.717, 1.165) is 10.0 Å². The van der Waals surface area contributed by atoms with E-state index in [2.05, 4.69) is 15.9 Å². The summed E-state index contributed by atoms with van der Waals surface area (Å²) in [5, 5.41) is 10.1. The monoisotopic (exact) mass is 334 g/mol. The molecule has 20 heavy (non-hydrogen) atoms. The van der Waals surface area contributed by atoms with Crippen molar-refractivity contribution in [3.05, 3.63) is 64.1 Å². The standard InChI is InChI=1S/C16H15BrO3/c1-11(18)14-4-2-3-5-16(14)20-10-15(19)12-6-8-13(17)9-7-12/h2-9,15,19H,10H2,1H3. The molecule has 2 aromatic rings. The first-order valence-corrected chi connectivity index (χ1v) is 7.03. The number of ketones is 1. The number of ether oxygens (including phenoxy) is 1. The Kier molecular flexibility index (Phi) is 4.93. The molecule has 0 heterocycles. The molecule has 0 aliphatic rings. The van der Waals surface area contributed by atoms with Gasteiger partial charge in [-0.3, -0.25) is 4.79 Å². The van der Waals surface area contributed by atoms with Gasteiger partial charge in [0, 0.05) is 4.47 Å². The lowest BCUT2D eigenvalue weighted by Crippen LogP contribution is -2.11. The van der Waals surface area contributed by atoms with Crippen molar-refractivity contribution in [1.29, 1.82) is 0 Å². The molecular formula is C16H15BrO3. The molecule has 1 N–H and O–H groups in total. The van der Waals surface area contributed by atoms with E-state index >= 15 is 0 Å². The second-order valence-corrected chi connectivity index (χ2v) is 5.35. The number of hydrogen-bond donors (Lipinski definition) is 1. The smallest absolute Gasteiger partial charge is 0.163 e. The number of rotatable bonds is 5. The van der Waals surface area contributed by atoms with Crippen molar-refractivity contribution in [3.8, 4) is 5.75 Å². The highest BCUT2D eigenvalue weighted by atomic mass is 79.9. The van der Waals surface area contributed by atoms with Crippen molar-refractivity contribution in [2.75, 3.05) is 6.61 Å². The van der Waals surface area contributed by atoms with Crippen LogP contribution in [0.2, 0.25) is 0 Å². The molecule has 0 radical (unpaired) electrons. The van der Waals surface area contributed by atoms with E-state index in [4.69, 9.17) is 4.74 Å². The van der Waals surface area contributed by atoms with Crippen molar-refractivity contribution < 1.29 is 14.6 Å². The Bertz CT molecular complexity index is 593. The van der Waals surface area contributed by atoms with Crippen LogP contribution in [0.15, 0.2) is 53.0 Å². The highest BCUT2D eigenvalue weighted by Crippen LogP contribution is 2.22. The Hall–Kier alpha value is -1.65. The summed E-state index contributed by atoms with van der Waals surface area (Å²) in [6.45, 7) is 1.60. The number of benzene rings is 2. The molecule has 0 saturated carbocycles. The van der Waals surface area contributed by atoms with Gasteiger partial charge in [-0.1, -0.05) is 40.2 Å². The minimum atomic E-state index is -0.733. The number of hydrogen-bond acceptors (Lipinski definition) is 3. The highest BCUT2D eigenvalue weighted by molar-refractivity contribution is 9.10. The lowest BCUT2D eigenvalue weighted by molar-refractivity contribution is 0.0977. The Labute approximate surface area is 126 Å². The first-order valence-electron chi connectivity index (χ1n) is 6.24. The van der Waals surface area contributed by atoms with Gasteiger partial charge in [0.1, 0.15) is 18.5 Å². The van der Waals surface area contributed by atoms with Gasteiger partial charge < -0.3 is 9.84 Å². The summed E-state index contributed by atoms with van der Waals surface area (Å²) in [7, 11) is 0. The summed E-state index contributed by atoms with van der Waals surface area (Å²) in [5.74, 6) is 0.440. The van der Waals surface area contributed by atoms with Gasteiger partial charge in [0.2, 0.25) is 0 Å². The van der Waals surface area contributed by atoms with Crippen molar-refractivity contribution in [3.63, 3.8) is 0 Å². The molecule has 0 amide bonds.